The van der Waals surface area contributed by atoms with Crippen molar-refractivity contribution in [3.8, 4) is 0 Å². The third-order valence-corrected chi connectivity index (χ3v) is 2.42. The van der Waals surface area contributed by atoms with Gasteiger partial charge in [0.05, 0.1) is 18.0 Å². The molecule has 0 saturated heterocycles. The lowest BCUT2D eigenvalue weighted by atomic mass is 10.1. The summed E-state index contributed by atoms with van der Waals surface area (Å²) in [5, 5.41) is 2.79. The Labute approximate surface area is 96.8 Å². The number of amides is 1. The van der Waals surface area contributed by atoms with Crippen LogP contribution in [0.25, 0.3) is 0 Å². The number of pyridine rings is 1. The van der Waals surface area contributed by atoms with Crippen molar-refractivity contribution in [1.29, 1.82) is 0 Å². The topological polar surface area (TPSA) is 68.3 Å². The zero-order valence-electron chi connectivity index (χ0n) is 8.49. The van der Waals surface area contributed by atoms with Crippen molar-refractivity contribution in [2.24, 2.45) is 0 Å². The van der Waals surface area contributed by atoms with Crippen molar-refractivity contribution in [3.63, 3.8) is 0 Å². The Kier molecular flexibility index (Phi) is 2.78. The molecule has 2 rings (SSSR count). The van der Waals surface area contributed by atoms with Crippen LogP contribution in [0.1, 0.15) is 18.5 Å². The highest BCUT2D eigenvalue weighted by molar-refractivity contribution is 6.29. The molecule has 1 aliphatic heterocycles. The van der Waals surface area contributed by atoms with E-state index < -0.39 is 17.8 Å². The molecular weight excluding hydrogens is 232 g/mol. The maximum Gasteiger partial charge on any atom is 0.324 e. The summed E-state index contributed by atoms with van der Waals surface area (Å²) in [6, 6.07) is 3.16. The number of hydrogen-bond donors (Lipinski definition) is 1. The van der Waals surface area contributed by atoms with Crippen LogP contribution < -0.4 is 5.32 Å². The molecule has 16 heavy (non-hydrogen) atoms. The number of nitrogens with zero attached hydrogens (tertiary/aromatic N) is 1. The van der Waals surface area contributed by atoms with Gasteiger partial charge in [0.15, 0.2) is 5.92 Å². The van der Waals surface area contributed by atoms with Crippen molar-refractivity contribution in [2.45, 2.75) is 12.8 Å². The summed E-state index contributed by atoms with van der Waals surface area (Å²) in [6.07, 6.45) is 0. The lowest BCUT2D eigenvalue weighted by Gasteiger charge is -2.06. The second kappa shape index (κ2) is 4.09. The predicted octanol–water partition coefficient (Wildman–Crippen LogP) is 1.33. The van der Waals surface area contributed by atoms with Gasteiger partial charge in [0.25, 0.3) is 0 Å². The van der Waals surface area contributed by atoms with E-state index in [1.807, 2.05) is 0 Å². The van der Waals surface area contributed by atoms with E-state index >= 15 is 0 Å². The molecule has 0 radical (unpaired) electrons. The molecule has 1 aliphatic rings. The van der Waals surface area contributed by atoms with E-state index in [1.165, 1.54) is 0 Å². The second-order valence-electron chi connectivity index (χ2n) is 3.24. The standard InChI is InChI=1S/C10H9ClN2O3/c1-2-16-10(15)7-8-5(12-9(7)14)3-4-6(11)13-8/h3-4,7H,2H2,1H3,(H,12,14)/t7-/m1/s1. The predicted molar refractivity (Wildman–Crippen MR) is 57.3 cm³/mol. The highest BCUT2D eigenvalue weighted by Gasteiger charge is 2.39. The molecule has 0 aromatic carbocycles. The number of esters is 1. The van der Waals surface area contributed by atoms with E-state index in [2.05, 4.69) is 10.3 Å². The molecule has 1 atom stereocenters. The van der Waals surface area contributed by atoms with Gasteiger partial charge in [-0.1, -0.05) is 11.6 Å². The number of nitrogens with one attached hydrogen (secondary N) is 1. The molecule has 1 aromatic heterocycles. The molecule has 0 aliphatic carbocycles. The van der Waals surface area contributed by atoms with Crippen molar-refractivity contribution in [1.82, 2.24) is 4.98 Å². The van der Waals surface area contributed by atoms with Crippen molar-refractivity contribution >= 4 is 29.2 Å². The Morgan fingerprint density at radius 2 is 2.38 bits per heavy atom. The number of fused-ring (bicyclic) bond motifs is 1. The van der Waals surface area contributed by atoms with Gasteiger partial charge in [0.1, 0.15) is 5.15 Å². The molecule has 2 heterocycles. The number of halogens is 1. The lowest BCUT2D eigenvalue weighted by molar-refractivity contribution is -0.147. The fourth-order valence-corrected chi connectivity index (χ4v) is 1.70. The van der Waals surface area contributed by atoms with Gasteiger partial charge in [-0.25, -0.2) is 4.98 Å². The minimum absolute atomic E-state index is 0.221. The molecule has 0 saturated carbocycles. The van der Waals surface area contributed by atoms with Gasteiger partial charge in [0, 0.05) is 0 Å². The highest BCUT2D eigenvalue weighted by atomic mass is 35.5. The lowest BCUT2D eigenvalue weighted by Crippen LogP contribution is -2.23. The van der Waals surface area contributed by atoms with Gasteiger partial charge in [0.2, 0.25) is 5.91 Å². The Hall–Kier alpha value is -1.62. The van der Waals surface area contributed by atoms with Crippen LogP contribution in [0.3, 0.4) is 0 Å². The van der Waals surface area contributed by atoms with E-state index in [9.17, 15) is 9.59 Å². The van der Waals surface area contributed by atoms with Crippen LogP contribution >= 0.6 is 11.6 Å². The van der Waals surface area contributed by atoms with Crippen molar-refractivity contribution in [2.75, 3.05) is 11.9 Å². The minimum Gasteiger partial charge on any atom is -0.465 e. The number of rotatable bonds is 2. The van der Waals surface area contributed by atoms with Crippen molar-refractivity contribution < 1.29 is 14.3 Å². The van der Waals surface area contributed by atoms with Crippen LogP contribution in [0.15, 0.2) is 12.1 Å². The Bertz CT molecular complexity index is 461. The average Bonchev–Trinajstić information content (AvgIpc) is 2.53. The van der Waals surface area contributed by atoms with Crippen LogP contribution in [0.5, 0.6) is 0 Å². The van der Waals surface area contributed by atoms with Crippen LogP contribution in [-0.4, -0.2) is 23.5 Å². The van der Waals surface area contributed by atoms with E-state index in [1.54, 1.807) is 19.1 Å². The first-order chi connectivity index (χ1) is 7.63. The number of carbonyl (C=O) groups excluding carboxylic acids is 2. The average molecular weight is 241 g/mol. The summed E-state index contributed by atoms with van der Waals surface area (Å²) in [4.78, 5) is 27.1. The van der Waals surface area contributed by atoms with E-state index in [0.29, 0.717) is 11.4 Å². The first-order valence-electron chi connectivity index (χ1n) is 4.77. The molecular formula is C10H9ClN2O3. The second-order valence-corrected chi connectivity index (χ2v) is 3.63. The Balaban J connectivity index is 2.38. The third-order valence-electron chi connectivity index (χ3n) is 2.21. The summed E-state index contributed by atoms with van der Waals surface area (Å²) >= 11 is 5.72. The van der Waals surface area contributed by atoms with Crippen molar-refractivity contribution in [3.05, 3.63) is 23.0 Å². The normalized spacial score (nSPS) is 17.9. The monoisotopic (exact) mass is 240 g/mol. The van der Waals surface area contributed by atoms with Gasteiger partial charge in [-0.3, -0.25) is 9.59 Å². The maximum absolute atomic E-state index is 11.6. The van der Waals surface area contributed by atoms with Gasteiger partial charge in [-0.15, -0.1) is 0 Å². The quantitative estimate of drug-likeness (QED) is 0.481. The molecule has 5 nitrogen and oxygen atoms in total. The molecule has 0 fully saturated rings. The number of carbonyl (C=O) groups is 2. The molecule has 0 unspecified atom stereocenters. The molecule has 84 valence electrons. The third kappa shape index (κ3) is 1.74. The molecule has 1 aromatic rings. The Morgan fingerprint density at radius 3 is 3.06 bits per heavy atom. The summed E-state index contributed by atoms with van der Waals surface area (Å²) in [5.74, 6) is -2.04. The number of ether oxygens (including phenoxy) is 1. The maximum atomic E-state index is 11.6. The van der Waals surface area contributed by atoms with E-state index in [4.69, 9.17) is 16.3 Å². The highest BCUT2D eigenvalue weighted by Crippen LogP contribution is 2.32. The summed E-state index contributed by atoms with van der Waals surface area (Å²) in [7, 11) is 0. The first-order valence-corrected chi connectivity index (χ1v) is 5.15. The fourth-order valence-electron chi connectivity index (χ4n) is 1.55. The van der Waals surface area contributed by atoms with Gasteiger partial charge < -0.3 is 10.1 Å². The van der Waals surface area contributed by atoms with Gasteiger partial charge in [-0.05, 0) is 19.1 Å². The largest absolute Gasteiger partial charge is 0.465 e. The number of hydrogen-bond acceptors (Lipinski definition) is 4. The SMILES string of the molecule is CCOC(=O)[C@H]1C(=O)Nc2ccc(Cl)nc21. The van der Waals surface area contributed by atoms with Crippen LogP contribution in [-0.2, 0) is 14.3 Å². The molecule has 1 N–H and O–H groups in total. The fraction of sp³-hybridized carbons (Fsp3) is 0.300. The molecule has 0 spiro atoms. The van der Waals surface area contributed by atoms with E-state index in [0.717, 1.165) is 0 Å². The Morgan fingerprint density at radius 1 is 1.62 bits per heavy atom. The van der Waals surface area contributed by atoms with Crippen LogP contribution in [0.2, 0.25) is 5.15 Å². The molecule has 1 amide bonds. The number of anilines is 1. The summed E-state index contributed by atoms with van der Waals surface area (Å²) in [6.45, 7) is 1.90. The smallest absolute Gasteiger partial charge is 0.324 e. The van der Waals surface area contributed by atoms with E-state index in [-0.39, 0.29) is 11.8 Å². The van der Waals surface area contributed by atoms with Gasteiger partial charge >= 0.3 is 5.97 Å². The minimum atomic E-state index is -1.01. The summed E-state index contributed by atoms with van der Waals surface area (Å²) in [5.41, 5.74) is 0.836. The van der Waals surface area contributed by atoms with Crippen LogP contribution in [0, 0.1) is 0 Å². The number of aromatic nitrogens is 1. The van der Waals surface area contributed by atoms with Gasteiger partial charge in [-0.2, -0.15) is 0 Å². The molecule has 6 heteroatoms. The van der Waals surface area contributed by atoms with Crippen LogP contribution in [0.4, 0.5) is 5.69 Å². The zero-order chi connectivity index (χ0) is 11.7. The molecule has 0 bridgehead atoms. The summed E-state index contributed by atoms with van der Waals surface area (Å²) < 4.78 is 4.81. The zero-order valence-corrected chi connectivity index (χ0v) is 9.25. The first kappa shape index (κ1) is 10.9.